The lowest BCUT2D eigenvalue weighted by molar-refractivity contribution is 0.0964. The van der Waals surface area contributed by atoms with Gasteiger partial charge < -0.3 is 19.8 Å². The van der Waals surface area contributed by atoms with Crippen LogP contribution in [0.5, 0.6) is 5.75 Å². The number of nitrogens with one attached hydrogen (secondary N) is 2. The van der Waals surface area contributed by atoms with Crippen LogP contribution in [-0.4, -0.2) is 26.1 Å². The molecule has 0 fully saturated rings. The highest BCUT2D eigenvalue weighted by Crippen LogP contribution is 2.39. The standard InChI is InChI=1S/C21H21FN2O3/c1-4-10-26-18-11-15-17(12-16(18)24-5-2)27-20(19(15)21(25)23-3)13-6-8-14(22)9-7-13/h4,6-9,11-12,24H,1,5,10H2,2-3H3,(H,23,25). The van der Waals surface area contributed by atoms with Gasteiger partial charge in [-0.15, -0.1) is 0 Å². The topological polar surface area (TPSA) is 63.5 Å². The van der Waals surface area contributed by atoms with Crippen molar-refractivity contribution in [2.75, 3.05) is 25.5 Å². The summed E-state index contributed by atoms with van der Waals surface area (Å²) in [5, 5.41) is 6.48. The third kappa shape index (κ3) is 3.65. The van der Waals surface area contributed by atoms with Crippen LogP contribution >= 0.6 is 0 Å². The maximum absolute atomic E-state index is 13.3. The van der Waals surface area contributed by atoms with E-state index in [1.54, 1.807) is 37.4 Å². The molecule has 0 saturated heterocycles. The van der Waals surface area contributed by atoms with Gasteiger partial charge in [0.15, 0.2) is 0 Å². The summed E-state index contributed by atoms with van der Waals surface area (Å²) in [5.41, 5.74) is 2.29. The first-order valence-electron chi connectivity index (χ1n) is 8.65. The van der Waals surface area contributed by atoms with Crippen molar-refractivity contribution >= 4 is 22.6 Å². The number of carbonyl (C=O) groups is 1. The molecule has 6 heteroatoms. The van der Waals surface area contributed by atoms with Crippen LogP contribution in [0.1, 0.15) is 17.3 Å². The minimum atomic E-state index is -0.356. The number of anilines is 1. The van der Waals surface area contributed by atoms with Gasteiger partial charge in [-0.25, -0.2) is 4.39 Å². The molecular weight excluding hydrogens is 347 g/mol. The van der Waals surface area contributed by atoms with Gasteiger partial charge in [-0.05, 0) is 37.3 Å². The first kappa shape index (κ1) is 18.5. The van der Waals surface area contributed by atoms with Crippen LogP contribution in [0.4, 0.5) is 10.1 Å². The average molecular weight is 368 g/mol. The molecule has 0 atom stereocenters. The van der Waals surface area contributed by atoms with Crippen molar-refractivity contribution in [2.24, 2.45) is 0 Å². The lowest BCUT2D eigenvalue weighted by atomic mass is 10.0. The van der Waals surface area contributed by atoms with Crippen LogP contribution in [0, 0.1) is 5.82 Å². The number of ether oxygens (including phenoxy) is 1. The maximum Gasteiger partial charge on any atom is 0.255 e. The molecule has 0 aliphatic carbocycles. The summed E-state index contributed by atoms with van der Waals surface area (Å²) in [6.45, 7) is 6.67. The minimum Gasteiger partial charge on any atom is -0.487 e. The average Bonchev–Trinajstić information content (AvgIpc) is 3.04. The molecule has 0 spiro atoms. The highest BCUT2D eigenvalue weighted by atomic mass is 19.1. The SMILES string of the molecule is C=CCOc1cc2c(C(=O)NC)c(-c3ccc(F)cc3)oc2cc1NCC. The summed E-state index contributed by atoms with van der Waals surface area (Å²) >= 11 is 0. The van der Waals surface area contributed by atoms with E-state index in [1.165, 1.54) is 12.1 Å². The van der Waals surface area contributed by atoms with E-state index < -0.39 is 0 Å². The molecule has 0 radical (unpaired) electrons. The molecule has 0 aliphatic rings. The summed E-state index contributed by atoms with van der Waals surface area (Å²) in [6, 6.07) is 9.41. The normalized spacial score (nSPS) is 10.6. The van der Waals surface area contributed by atoms with Crippen LogP contribution in [0.2, 0.25) is 0 Å². The van der Waals surface area contributed by atoms with E-state index in [4.69, 9.17) is 9.15 Å². The third-order valence-electron chi connectivity index (χ3n) is 4.07. The van der Waals surface area contributed by atoms with Gasteiger partial charge in [0.1, 0.15) is 29.5 Å². The Hall–Kier alpha value is -3.28. The Balaban J connectivity index is 2.25. The van der Waals surface area contributed by atoms with Gasteiger partial charge in [0.25, 0.3) is 5.91 Å². The summed E-state index contributed by atoms with van der Waals surface area (Å²) in [4.78, 5) is 12.6. The highest BCUT2D eigenvalue weighted by molar-refractivity contribution is 6.12. The quantitative estimate of drug-likeness (QED) is 0.599. The second-order valence-corrected chi connectivity index (χ2v) is 5.87. The van der Waals surface area contributed by atoms with Crippen LogP contribution in [0.25, 0.3) is 22.3 Å². The van der Waals surface area contributed by atoms with Gasteiger partial charge in [0.2, 0.25) is 0 Å². The van der Waals surface area contributed by atoms with E-state index in [9.17, 15) is 9.18 Å². The molecule has 2 N–H and O–H groups in total. The van der Waals surface area contributed by atoms with Gasteiger partial charge in [0, 0.05) is 30.6 Å². The van der Waals surface area contributed by atoms with E-state index in [2.05, 4.69) is 17.2 Å². The van der Waals surface area contributed by atoms with Crippen molar-refractivity contribution in [1.82, 2.24) is 5.32 Å². The number of hydrogen-bond acceptors (Lipinski definition) is 4. The molecule has 0 bridgehead atoms. The van der Waals surface area contributed by atoms with Gasteiger partial charge in [-0.1, -0.05) is 12.7 Å². The number of halogens is 1. The minimum absolute atomic E-state index is 0.293. The molecule has 1 aromatic heterocycles. The van der Waals surface area contributed by atoms with Gasteiger partial charge in [0.05, 0.1) is 11.3 Å². The molecule has 0 unspecified atom stereocenters. The Morgan fingerprint density at radius 3 is 2.67 bits per heavy atom. The number of furan rings is 1. The van der Waals surface area contributed by atoms with Gasteiger partial charge in [-0.3, -0.25) is 4.79 Å². The number of benzene rings is 2. The molecule has 2 aromatic carbocycles. The van der Waals surface area contributed by atoms with Crippen LogP contribution < -0.4 is 15.4 Å². The molecule has 3 rings (SSSR count). The molecular formula is C21H21FN2O3. The number of fused-ring (bicyclic) bond motifs is 1. The molecule has 140 valence electrons. The zero-order valence-corrected chi connectivity index (χ0v) is 15.3. The predicted octanol–water partition coefficient (Wildman–Crippen LogP) is 4.60. The van der Waals surface area contributed by atoms with E-state index in [0.29, 0.717) is 46.8 Å². The molecule has 1 heterocycles. The summed E-state index contributed by atoms with van der Waals surface area (Å²) in [6.07, 6.45) is 1.65. The Bertz CT molecular complexity index is 977. The third-order valence-corrected chi connectivity index (χ3v) is 4.07. The van der Waals surface area contributed by atoms with Crippen molar-refractivity contribution in [3.05, 3.63) is 60.4 Å². The van der Waals surface area contributed by atoms with Crippen LogP contribution in [-0.2, 0) is 0 Å². The largest absolute Gasteiger partial charge is 0.487 e. The van der Waals surface area contributed by atoms with E-state index in [0.717, 1.165) is 5.69 Å². The molecule has 27 heavy (non-hydrogen) atoms. The molecule has 0 saturated carbocycles. The molecule has 5 nitrogen and oxygen atoms in total. The number of hydrogen-bond donors (Lipinski definition) is 2. The van der Waals surface area contributed by atoms with E-state index >= 15 is 0 Å². The van der Waals surface area contributed by atoms with Crippen molar-refractivity contribution in [2.45, 2.75) is 6.92 Å². The summed E-state index contributed by atoms with van der Waals surface area (Å²) in [7, 11) is 1.55. The zero-order valence-electron chi connectivity index (χ0n) is 15.3. The monoisotopic (exact) mass is 368 g/mol. The van der Waals surface area contributed by atoms with Crippen molar-refractivity contribution < 1.29 is 18.3 Å². The van der Waals surface area contributed by atoms with Crippen LogP contribution in [0.15, 0.2) is 53.5 Å². The molecule has 0 aliphatic heterocycles. The lowest BCUT2D eigenvalue weighted by Crippen LogP contribution is -2.18. The van der Waals surface area contributed by atoms with Crippen molar-refractivity contribution in [1.29, 1.82) is 0 Å². The number of rotatable bonds is 7. The first-order chi connectivity index (χ1) is 13.1. The zero-order chi connectivity index (χ0) is 19.4. The fourth-order valence-electron chi connectivity index (χ4n) is 2.87. The highest BCUT2D eigenvalue weighted by Gasteiger charge is 2.23. The van der Waals surface area contributed by atoms with Crippen LogP contribution in [0.3, 0.4) is 0 Å². The smallest absolute Gasteiger partial charge is 0.255 e. The fourth-order valence-corrected chi connectivity index (χ4v) is 2.87. The second-order valence-electron chi connectivity index (χ2n) is 5.87. The predicted molar refractivity (Wildman–Crippen MR) is 105 cm³/mol. The van der Waals surface area contributed by atoms with Gasteiger partial charge in [-0.2, -0.15) is 0 Å². The molecule has 1 amide bonds. The Kier molecular flexibility index (Phi) is 5.45. The lowest BCUT2D eigenvalue weighted by Gasteiger charge is -2.11. The summed E-state index contributed by atoms with van der Waals surface area (Å²) in [5.74, 6) is 0.332. The Labute approximate surface area is 156 Å². The number of amides is 1. The van der Waals surface area contributed by atoms with Crippen molar-refractivity contribution in [3.63, 3.8) is 0 Å². The Morgan fingerprint density at radius 2 is 2.04 bits per heavy atom. The van der Waals surface area contributed by atoms with Gasteiger partial charge >= 0.3 is 0 Å². The summed E-state index contributed by atoms with van der Waals surface area (Å²) < 4.78 is 25.0. The maximum atomic E-state index is 13.3. The molecule has 3 aromatic rings. The second kappa shape index (κ2) is 7.95. The fraction of sp³-hybridized carbons (Fsp3) is 0.190. The van der Waals surface area contributed by atoms with E-state index in [1.807, 2.05) is 6.92 Å². The van der Waals surface area contributed by atoms with E-state index in [-0.39, 0.29) is 11.7 Å². The first-order valence-corrected chi connectivity index (χ1v) is 8.65. The number of carbonyl (C=O) groups excluding carboxylic acids is 1. The van der Waals surface area contributed by atoms with Crippen molar-refractivity contribution in [3.8, 4) is 17.1 Å². The Morgan fingerprint density at radius 1 is 1.30 bits per heavy atom.